The van der Waals surface area contributed by atoms with E-state index in [0.29, 0.717) is 17.8 Å². The van der Waals surface area contributed by atoms with Gasteiger partial charge in [-0.25, -0.2) is 27.0 Å². The van der Waals surface area contributed by atoms with Crippen molar-refractivity contribution >= 4 is 10.0 Å². The van der Waals surface area contributed by atoms with Gasteiger partial charge in [0, 0.05) is 19.2 Å². The van der Waals surface area contributed by atoms with Crippen molar-refractivity contribution in [3.8, 4) is 11.4 Å². The van der Waals surface area contributed by atoms with E-state index in [1.165, 1.54) is 33.5 Å². The first-order chi connectivity index (χ1) is 10.8. The van der Waals surface area contributed by atoms with Crippen LogP contribution < -0.4 is 10.4 Å². The second kappa shape index (κ2) is 7.05. The summed E-state index contributed by atoms with van der Waals surface area (Å²) in [7, 11) is -1.76. The van der Waals surface area contributed by atoms with Gasteiger partial charge in [0.15, 0.2) is 5.82 Å². The van der Waals surface area contributed by atoms with Crippen molar-refractivity contribution in [1.29, 1.82) is 0 Å². The Morgan fingerprint density at radius 3 is 2.52 bits per heavy atom. The molecule has 0 fully saturated rings. The van der Waals surface area contributed by atoms with E-state index in [9.17, 15) is 17.6 Å². The number of benzene rings is 1. The number of nitrogens with one attached hydrogen (secondary N) is 1. The lowest BCUT2D eigenvalue weighted by Crippen LogP contribution is -2.32. The molecule has 0 aliphatic carbocycles. The Morgan fingerprint density at radius 1 is 1.26 bits per heavy atom. The Hall–Kier alpha value is -2.00. The summed E-state index contributed by atoms with van der Waals surface area (Å²) in [6.07, 6.45) is 0.521. The van der Waals surface area contributed by atoms with E-state index in [2.05, 4.69) is 9.82 Å². The molecule has 0 aliphatic heterocycles. The molecule has 0 bridgehead atoms. The Kier molecular flexibility index (Phi) is 5.32. The van der Waals surface area contributed by atoms with Gasteiger partial charge in [-0.1, -0.05) is 6.92 Å². The summed E-state index contributed by atoms with van der Waals surface area (Å²) in [6.45, 7) is 1.98. The van der Waals surface area contributed by atoms with Gasteiger partial charge in [-0.05, 0) is 30.7 Å². The second-order valence-electron chi connectivity index (χ2n) is 5.11. The van der Waals surface area contributed by atoms with E-state index < -0.39 is 10.0 Å². The van der Waals surface area contributed by atoms with Gasteiger partial charge in [0.25, 0.3) is 0 Å². The number of sulfonamides is 1. The largest absolute Gasteiger partial charge is 0.345 e. The lowest BCUT2D eigenvalue weighted by atomic mass is 10.2. The number of hydrogen-bond donors (Lipinski definition) is 1. The molecule has 23 heavy (non-hydrogen) atoms. The number of rotatable bonds is 7. The van der Waals surface area contributed by atoms with Gasteiger partial charge < -0.3 is 0 Å². The van der Waals surface area contributed by atoms with Gasteiger partial charge in [-0.2, -0.15) is 0 Å². The molecule has 0 radical (unpaired) electrons. The van der Waals surface area contributed by atoms with Gasteiger partial charge in [-0.15, -0.1) is 5.10 Å². The van der Waals surface area contributed by atoms with Crippen molar-refractivity contribution in [2.45, 2.75) is 19.9 Å². The lowest BCUT2D eigenvalue weighted by molar-refractivity contribution is 0.550. The topological polar surface area (TPSA) is 86.0 Å². The lowest BCUT2D eigenvalue weighted by Gasteiger charge is -2.04. The fourth-order valence-electron chi connectivity index (χ4n) is 2.13. The van der Waals surface area contributed by atoms with Gasteiger partial charge in [-0.3, -0.25) is 4.57 Å². The van der Waals surface area contributed by atoms with E-state index in [0.717, 1.165) is 0 Å². The van der Waals surface area contributed by atoms with Gasteiger partial charge in [0.1, 0.15) is 5.82 Å². The molecule has 7 nitrogen and oxygen atoms in total. The number of hydrogen-bond acceptors (Lipinski definition) is 4. The van der Waals surface area contributed by atoms with E-state index >= 15 is 0 Å². The Bertz CT molecular complexity index is 825. The van der Waals surface area contributed by atoms with Crippen molar-refractivity contribution in [3.63, 3.8) is 0 Å². The van der Waals surface area contributed by atoms with Crippen LogP contribution in [-0.2, 0) is 23.6 Å². The maximum Gasteiger partial charge on any atom is 0.345 e. The summed E-state index contributed by atoms with van der Waals surface area (Å²) in [4.78, 5) is 12.1. The van der Waals surface area contributed by atoms with Gasteiger partial charge in [0.05, 0.1) is 12.3 Å². The minimum atomic E-state index is -3.32. The Morgan fingerprint density at radius 2 is 1.91 bits per heavy atom. The van der Waals surface area contributed by atoms with E-state index in [-0.39, 0.29) is 30.3 Å². The van der Waals surface area contributed by atoms with Crippen molar-refractivity contribution in [2.75, 3.05) is 12.3 Å². The zero-order valence-corrected chi connectivity index (χ0v) is 13.8. The van der Waals surface area contributed by atoms with Crippen LogP contribution in [0.25, 0.3) is 11.4 Å². The first kappa shape index (κ1) is 17.4. The van der Waals surface area contributed by atoms with Crippen LogP contribution in [0.15, 0.2) is 29.1 Å². The fourth-order valence-corrected chi connectivity index (χ4v) is 3.22. The van der Waals surface area contributed by atoms with Gasteiger partial charge in [0.2, 0.25) is 10.0 Å². The maximum atomic E-state index is 13.0. The van der Waals surface area contributed by atoms with E-state index in [1.807, 2.05) is 0 Å². The summed E-state index contributed by atoms with van der Waals surface area (Å²) < 4.78 is 41.1. The summed E-state index contributed by atoms with van der Waals surface area (Å²) >= 11 is 0. The molecule has 9 heteroatoms. The molecule has 2 rings (SSSR count). The zero-order valence-electron chi connectivity index (χ0n) is 13.0. The van der Waals surface area contributed by atoms with Crippen LogP contribution in [0.4, 0.5) is 4.39 Å². The van der Waals surface area contributed by atoms with Crippen LogP contribution in [0.3, 0.4) is 0 Å². The average Bonchev–Trinajstić information content (AvgIpc) is 2.76. The normalized spacial score (nSPS) is 11.8. The molecule has 0 atom stereocenters. The van der Waals surface area contributed by atoms with E-state index in [4.69, 9.17) is 0 Å². The summed E-state index contributed by atoms with van der Waals surface area (Å²) in [5.41, 5.74) is 0.246. The highest BCUT2D eigenvalue weighted by Crippen LogP contribution is 2.15. The molecule has 126 valence electrons. The van der Waals surface area contributed by atoms with Crippen molar-refractivity contribution in [3.05, 3.63) is 40.6 Å². The smallest absolute Gasteiger partial charge is 0.278 e. The Labute approximate surface area is 133 Å². The molecule has 0 aliphatic rings. The van der Waals surface area contributed by atoms with E-state index in [1.54, 1.807) is 14.0 Å². The number of aromatic nitrogens is 3. The highest BCUT2D eigenvalue weighted by atomic mass is 32.2. The van der Waals surface area contributed by atoms with Crippen LogP contribution in [0, 0.1) is 5.82 Å². The summed E-state index contributed by atoms with van der Waals surface area (Å²) in [5, 5.41) is 4.18. The first-order valence-electron chi connectivity index (χ1n) is 7.21. The van der Waals surface area contributed by atoms with Crippen LogP contribution in [0.2, 0.25) is 0 Å². The quantitative estimate of drug-likeness (QED) is 0.803. The van der Waals surface area contributed by atoms with Crippen molar-refractivity contribution < 1.29 is 12.8 Å². The highest BCUT2D eigenvalue weighted by Gasteiger charge is 2.13. The summed E-state index contributed by atoms with van der Waals surface area (Å²) in [5.74, 6) is 0.0697. The van der Waals surface area contributed by atoms with Gasteiger partial charge >= 0.3 is 5.69 Å². The SMILES string of the molecule is CCCS(=O)(=O)NCCn1nc(-c2ccc(F)cc2)n(C)c1=O. The van der Waals surface area contributed by atoms with Crippen LogP contribution in [-0.4, -0.2) is 35.1 Å². The van der Waals surface area contributed by atoms with Crippen molar-refractivity contribution in [1.82, 2.24) is 19.1 Å². The minimum absolute atomic E-state index is 0.0466. The number of halogens is 1. The minimum Gasteiger partial charge on any atom is -0.278 e. The number of nitrogens with zero attached hydrogens (tertiary/aromatic N) is 3. The van der Waals surface area contributed by atoms with Crippen LogP contribution >= 0.6 is 0 Å². The second-order valence-corrected chi connectivity index (χ2v) is 7.03. The molecule has 0 amide bonds. The third-order valence-electron chi connectivity index (χ3n) is 3.26. The molecule has 1 aromatic carbocycles. The third-order valence-corrected chi connectivity index (χ3v) is 4.85. The highest BCUT2D eigenvalue weighted by molar-refractivity contribution is 7.89. The molecule has 1 heterocycles. The molecule has 2 aromatic rings. The third kappa shape index (κ3) is 4.26. The molecule has 1 N–H and O–H groups in total. The zero-order chi connectivity index (χ0) is 17.0. The van der Waals surface area contributed by atoms with Crippen LogP contribution in [0.5, 0.6) is 0 Å². The average molecular weight is 342 g/mol. The monoisotopic (exact) mass is 342 g/mol. The first-order valence-corrected chi connectivity index (χ1v) is 8.86. The molecule has 0 saturated heterocycles. The predicted molar refractivity (Wildman–Crippen MR) is 84.9 cm³/mol. The summed E-state index contributed by atoms with van der Waals surface area (Å²) in [6, 6.07) is 5.65. The predicted octanol–water partition coefficient (Wildman–Crippen LogP) is 0.717. The molecule has 0 unspecified atom stereocenters. The van der Waals surface area contributed by atoms with Crippen molar-refractivity contribution in [2.24, 2.45) is 7.05 Å². The molecular formula is C14H19FN4O3S. The Balaban J connectivity index is 2.14. The molecule has 0 spiro atoms. The maximum absolute atomic E-state index is 13.0. The standard InChI is InChI=1S/C14H19FN4O3S/c1-3-10-23(21,22)16-8-9-19-14(20)18(2)13(17-19)11-4-6-12(15)7-5-11/h4-7,16H,3,8-10H2,1-2H3. The fraction of sp³-hybridized carbons (Fsp3) is 0.429. The molecule has 1 aromatic heterocycles. The van der Waals surface area contributed by atoms with Crippen LogP contribution in [0.1, 0.15) is 13.3 Å². The molecular weight excluding hydrogens is 323 g/mol. The molecule has 0 saturated carbocycles.